The monoisotopic (exact) mass is 455 g/mol. The smallest absolute Gasteiger partial charge is 0.341 e. The summed E-state index contributed by atoms with van der Waals surface area (Å²) in [6.45, 7) is 3.95. The van der Waals surface area contributed by atoms with E-state index in [1.54, 1.807) is 6.92 Å². The van der Waals surface area contributed by atoms with E-state index in [4.69, 9.17) is 4.74 Å². The number of thiophene rings is 1. The molecule has 3 aromatic rings. The molecule has 4 rings (SSSR count). The van der Waals surface area contributed by atoms with Crippen LogP contribution in [0.15, 0.2) is 35.6 Å². The number of para-hydroxylation sites is 1. The number of thioether (sulfide) groups is 1. The molecule has 0 bridgehead atoms. The molecule has 0 aliphatic heterocycles. The zero-order valence-electron chi connectivity index (χ0n) is 17.6. The minimum absolute atomic E-state index is 0.158. The maximum atomic E-state index is 13.0. The molecule has 0 saturated carbocycles. The molecule has 1 aliphatic carbocycles. The molecular formula is C23H25N3O3S2. The molecule has 0 spiro atoms. The van der Waals surface area contributed by atoms with E-state index in [-0.39, 0.29) is 11.9 Å². The molecule has 8 heteroatoms. The Morgan fingerprint density at radius 3 is 2.84 bits per heavy atom. The minimum Gasteiger partial charge on any atom is -0.462 e. The SMILES string of the molecule is CCOC(=O)c1c(NC(=O)[C@@H](C)Sc2ncnc3ccccc23)sc2c1CCCCC2. The molecule has 162 valence electrons. The topological polar surface area (TPSA) is 81.2 Å². The van der Waals surface area contributed by atoms with Gasteiger partial charge < -0.3 is 10.1 Å². The standard InChI is InChI=1S/C23H25N3O3S2/c1-3-29-23(28)19-16-10-5-4-6-12-18(16)31-22(19)26-20(27)14(2)30-21-15-9-7-8-11-17(15)24-13-25-21/h7-9,11,13-14H,3-6,10,12H2,1-2H3,(H,26,27)/t14-/m1/s1. The number of nitrogens with zero attached hydrogens (tertiary/aromatic N) is 2. The van der Waals surface area contributed by atoms with Crippen molar-refractivity contribution in [3.63, 3.8) is 0 Å². The summed E-state index contributed by atoms with van der Waals surface area (Å²) in [6, 6.07) is 7.75. The summed E-state index contributed by atoms with van der Waals surface area (Å²) in [7, 11) is 0. The van der Waals surface area contributed by atoms with Crippen LogP contribution in [0.4, 0.5) is 5.00 Å². The highest BCUT2D eigenvalue weighted by Gasteiger charge is 2.28. The van der Waals surface area contributed by atoms with Crippen LogP contribution >= 0.6 is 23.1 Å². The van der Waals surface area contributed by atoms with Gasteiger partial charge in [-0.2, -0.15) is 0 Å². The summed E-state index contributed by atoms with van der Waals surface area (Å²) < 4.78 is 5.31. The summed E-state index contributed by atoms with van der Waals surface area (Å²) in [5.41, 5.74) is 2.44. The number of rotatable bonds is 6. The molecule has 0 saturated heterocycles. The van der Waals surface area contributed by atoms with Crippen LogP contribution in [0.3, 0.4) is 0 Å². The lowest BCUT2D eigenvalue weighted by Gasteiger charge is -2.13. The first kappa shape index (κ1) is 21.8. The van der Waals surface area contributed by atoms with Crippen LogP contribution in [0.5, 0.6) is 0 Å². The van der Waals surface area contributed by atoms with Gasteiger partial charge in [0.05, 0.1) is 22.9 Å². The maximum Gasteiger partial charge on any atom is 0.341 e. The van der Waals surface area contributed by atoms with E-state index >= 15 is 0 Å². The predicted octanol–water partition coefficient (Wildman–Crippen LogP) is 5.26. The van der Waals surface area contributed by atoms with Crippen LogP contribution in [-0.4, -0.2) is 33.7 Å². The largest absolute Gasteiger partial charge is 0.462 e. The lowest BCUT2D eigenvalue weighted by molar-refractivity contribution is -0.115. The third-order valence-corrected chi connectivity index (χ3v) is 7.62. The van der Waals surface area contributed by atoms with E-state index in [9.17, 15) is 9.59 Å². The third-order valence-electron chi connectivity index (χ3n) is 5.30. The fraction of sp³-hybridized carbons (Fsp3) is 0.391. The highest BCUT2D eigenvalue weighted by Crippen LogP contribution is 2.38. The molecular weight excluding hydrogens is 430 g/mol. The summed E-state index contributed by atoms with van der Waals surface area (Å²) in [5, 5.41) is 4.91. The molecule has 2 heterocycles. The third kappa shape index (κ3) is 4.75. The molecule has 1 N–H and O–H groups in total. The van der Waals surface area contributed by atoms with Crippen LogP contribution in [0.2, 0.25) is 0 Å². The molecule has 0 unspecified atom stereocenters. The molecule has 1 amide bonds. The van der Waals surface area contributed by atoms with Crippen molar-refractivity contribution >= 4 is 50.9 Å². The van der Waals surface area contributed by atoms with E-state index in [1.165, 1.54) is 34.3 Å². The van der Waals surface area contributed by atoms with Gasteiger partial charge in [-0.15, -0.1) is 11.3 Å². The number of hydrogen-bond donors (Lipinski definition) is 1. The van der Waals surface area contributed by atoms with Crippen molar-refractivity contribution < 1.29 is 14.3 Å². The number of anilines is 1. The Labute approximate surface area is 189 Å². The summed E-state index contributed by atoms with van der Waals surface area (Å²) >= 11 is 2.90. The van der Waals surface area contributed by atoms with Crippen LogP contribution in [-0.2, 0) is 22.4 Å². The second kappa shape index (κ2) is 9.78. The van der Waals surface area contributed by atoms with Crippen molar-refractivity contribution in [3.8, 4) is 0 Å². The first-order valence-electron chi connectivity index (χ1n) is 10.6. The number of benzene rings is 1. The van der Waals surface area contributed by atoms with Gasteiger partial charge in [-0.05, 0) is 51.2 Å². The summed E-state index contributed by atoms with van der Waals surface area (Å²) in [4.78, 5) is 35.6. The van der Waals surface area contributed by atoms with Crippen molar-refractivity contribution in [1.82, 2.24) is 9.97 Å². The first-order valence-corrected chi connectivity index (χ1v) is 12.3. The normalized spacial score (nSPS) is 14.5. The number of carbonyl (C=O) groups is 2. The molecule has 2 aromatic heterocycles. The Morgan fingerprint density at radius 2 is 2.00 bits per heavy atom. The van der Waals surface area contributed by atoms with Crippen molar-refractivity contribution in [2.45, 2.75) is 56.2 Å². The van der Waals surface area contributed by atoms with Gasteiger partial charge in [0, 0.05) is 10.3 Å². The average molecular weight is 456 g/mol. The molecule has 0 fully saturated rings. The molecule has 1 aromatic carbocycles. The Hall–Kier alpha value is -2.45. The Bertz CT molecular complexity index is 1110. The number of carbonyl (C=O) groups excluding carboxylic acids is 2. The van der Waals surface area contributed by atoms with Gasteiger partial charge in [-0.25, -0.2) is 14.8 Å². The fourth-order valence-electron chi connectivity index (χ4n) is 3.76. The molecule has 6 nitrogen and oxygen atoms in total. The van der Waals surface area contributed by atoms with E-state index in [2.05, 4.69) is 15.3 Å². The number of nitrogens with one attached hydrogen (secondary N) is 1. The van der Waals surface area contributed by atoms with Gasteiger partial charge in [-0.3, -0.25) is 4.79 Å². The summed E-state index contributed by atoms with van der Waals surface area (Å²) in [5.74, 6) is -0.506. The summed E-state index contributed by atoms with van der Waals surface area (Å²) in [6.07, 6.45) is 6.63. The van der Waals surface area contributed by atoms with E-state index in [1.807, 2.05) is 31.2 Å². The number of ether oxygens (including phenoxy) is 1. The van der Waals surface area contributed by atoms with Crippen LogP contribution in [0, 0.1) is 0 Å². The zero-order chi connectivity index (χ0) is 21.8. The minimum atomic E-state index is -0.393. The van der Waals surface area contributed by atoms with E-state index < -0.39 is 5.25 Å². The number of esters is 1. The Morgan fingerprint density at radius 1 is 1.19 bits per heavy atom. The molecule has 1 atom stereocenters. The quantitative estimate of drug-likeness (QED) is 0.236. The van der Waals surface area contributed by atoms with Gasteiger partial charge in [-0.1, -0.05) is 36.4 Å². The van der Waals surface area contributed by atoms with E-state index in [0.29, 0.717) is 17.2 Å². The van der Waals surface area contributed by atoms with Crippen LogP contribution < -0.4 is 5.32 Å². The van der Waals surface area contributed by atoms with Crippen LogP contribution in [0.25, 0.3) is 10.9 Å². The highest BCUT2D eigenvalue weighted by molar-refractivity contribution is 8.00. The maximum absolute atomic E-state index is 13.0. The van der Waals surface area contributed by atoms with Crippen molar-refractivity contribution in [2.24, 2.45) is 0 Å². The highest BCUT2D eigenvalue weighted by atomic mass is 32.2. The van der Waals surface area contributed by atoms with Crippen molar-refractivity contribution in [1.29, 1.82) is 0 Å². The van der Waals surface area contributed by atoms with Gasteiger partial charge in [0.25, 0.3) is 0 Å². The fourth-order valence-corrected chi connectivity index (χ4v) is 5.95. The Balaban J connectivity index is 1.57. The first-order chi connectivity index (χ1) is 15.1. The van der Waals surface area contributed by atoms with Gasteiger partial charge in [0.2, 0.25) is 5.91 Å². The van der Waals surface area contributed by atoms with E-state index in [0.717, 1.165) is 53.6 Å². The number of aryl methyl sites for hydroxylation is 1. The van der Waals surface area contributed by atoms with Gasteiger partial charge in [0.1, 0.15) is 16.4 Å². The second-order valence-corrected chi connectivity index (χ2v) is 9.87. The van der Waals surface area contributed by atoms with Gasteiger partial charge >= 0.3 is 5.97 Å². The number of aromatic nitrogens is 2. The number of hydrogen-bond acceptors (Lipinski definition) is 7. The zero-order valence-corrected chi connectivity index (χ0v) is 19.3. The van der Waals surface area contributed by atoms with Crippen LogP contribution in [0.1, 0.15) is 53.9 Å². The number of fused-ring (bicyclic) bond motifs is 2. The lowest BCUT2D eigenvalue weighted by atomic mass is 10.1. The Kier molecular flexibility index (Phi) is 6.87. The molecule has 0 radical (unpaired) electrons. The second-order valence-electron chi connectivity index (χ2n) is 7.43. The molecule has 31 heavy (non-hydrogen) atoms. The van der Waals surface area contributed by atoms with Crippen molar-refractivity contribution in [2.75, 3.05) is 11.9 Å². The number of amides is 1. The van der Waals surface area contributed by atoms with Gasteiger partial charge in [0.15, 0.2) is 0 Å². The molecule has 1 aliphatic rings. The lowest BCUT2D eigenvalue weighted by Crippen LogP contribution is -2.23. The average Bonchev–Trinajstić information content (AvgIpc) is 2.94. The predicted molar refractivity (Wildman–Crippen MR) is 125 cm³/mol. The van der Waals surface area contributed by atoms with Crippen molar-refractivity contribution in [3.05, 3.63) is 46.6 Å².